The molecule has 0 saturated heterocycles. The van der Waals surface area contributed by atoms with Gasteiger partial charge in [-0.15, -0.1) is 5.10 Å². The average Bonchev–Trinajstić information content (AvgIpc) is 3.28. The van der Waals surface area contributed by atoms with Crippen molar-refractivity contribution in [2.24, 2.45) is 5.73 Å². The molecule has 0 aliphatic heterocycles. The van der Waals surface area contributed by atoms with Gasteiger partial charge in [0.05, 0.1) is 5.69 Å². The zero-order valence-corrected chi connectivity index (χ0v) is 18.2. The van der Waals surface area contributed by atoms with Gasteiger partial charge in [-0.2, -0.15) is 0 Å². The summed E-state index contributed by atoms with van der Waals surface area (Å²) in [5, 5.41) is 11.9. The molecule has 0 amide bonds. The molecule has 2 aromatic carbocycles. The number of benzene rings is 2. The van der Waals surface area contributed by atoms with Crippen LogP contribution in [0.25, 0.3) is 5.65 Å². The highest BCUT2D eigenvalue weighted by molar-refractivity contribution is 5.80. The zero-order valence-electron chi connectivity index (χ0n) is 18.2. The maximum Gasteiger partial charge on any atom is 0.177 e. The SMILES string of the molecule is Cc1c(N[C@H]2CC[C@H](N)CC2)nn2ccnc2c1Nc1ccc(Oc2ccccc2)cc1. The van der Waals surface area contributed by atoms with E-state index in [1.54, 1.807) is 6.20 Å². The molecule has 2 aromatic heterocycles. The number of ether oxygens (including phenoxy) is 1. The Morgan fingerprint density at radius 1 is 0.969 bits per heavy atom. The highest BCUT2D eigenvalue weighted by Gasteiger charge is 2.21. The number of nitrogens with zero attached hydrogens (tertiary/aromatic N) is 3. The fraction of sp³-hybridized carbons (Fsp3) is 0.280. The van der Waals surface area contributed by atoms with E-state index in [2.05, 4.69) is 22.5 Å². The predicted molar refractivity (Wildman–Crippen MR) is 128 cm³/mol. The van der Waals surface area contributed by atoms with Crippen LogP contribution < -0.4 is 21.1 Å². The third-order valence-electron chi connectivity index (χ3n) is 6.00. The summed E-state index contributed by atoms with van der Waals surface area (Å²) in [6.45, 7) is 2.08. The van der Waals surface area contributed by atoms with Crippen LogP contribution in [-0.4, -0.2) is 26.7 Å². The first-order valence-corrected chi connectivity index (χ1v) is 11.1. The van der Waals surface area contributed by atoms with Crippen molar-refractivity contribution >= 4 is 22.8 Å². The summed E-state index contributed by atoms with van der Waals surface area (Å²) >= 11 is 0. The zero-order chi connectivity index (χ0) is 21.9. The lowest BCUT2D eigenvalue weighted by atomic mass is 9.92. The summed E-state index contributed by atoms with van der Waals surface area (Å²) in [4.78, 5) is 4.52. The van der Waals surface area contributed by atoms with Gasteiger partial charge >= 0.3 is 0 Å². The van der Waals surface area contributed by atoms with E-state index in [4.69, 9.17) is 15.6 Å². The molecular formula is C25H28N6O. The minimum Gasteiger partial charge on any atom is -0.457 e. The number of nitrogens with two attached hydrogens (primary N) is 1. The van der Waals surface area contributed by atoms with Crippen LogP contribution in [0.4, 0.5) is 17.2 Å². The standard InChI is InChI=1S/C25H28N6O/c1-17-23(28-19-11-13-22(14-12-19)32-21-5-3-2-4-6-21)25-27-15-16-31(25)30-24(17)29-20-9-7-18(26)8-10-20/h2-6,11-16,18,20,28H,7-10,26H2,1H3,(H,29,30)/t18-,20-. The Kier molecular flexibility index (Phi) is 5.64. The van der Waals surface area contributed by atoms with E-state index in [9.17, 15) is 0 Å². The first-order valence-electron chi connectivity index (χ1n) is 11.1. The number of hydrogen-bond donors (Lipinski definition) is 3. The van der Waals surface area contributed by atoms with E-state index >= 15 is 0 Å². The summed E-state index contributed by atoms with van der Waals surface area (Å²) in [5.41, 5.74) is 9.81. The molecule has 1 aliphatic carbocycles. The molecule has 0 bridgehead atoms. The third-order valence-corrected chi connectivity index (χ3v) is 6.00. The van der Waals surface area contributed by atoms with E-state index in [-0.39, 0.29) is 0 Å². The molecule has 164 valence electrons. The van der Waals surface area contributed by atoms with E-state index < -0.39 is 0 Å². The van der Waals surface area contributed by atoms with Crippen LogP contribution >= 0.6 is 0 Å². The Morgan fingerprint density at radius 3 is 2.44 bits per heavy atom. The second kappa shape index (κ2) is 8.88. The molecule has 4 aromatic rings. The molecule has 5 rings (SSSR count). The summed E-state index contributed by atoms with van der Waals surface area (Å²) < 4.78 is 7.72. The van der Waals surface area contributed by atoms with Crippen LogP contribution in [0.5, 0.6) is 11.5 Å². The van der Waals surface area contributed by atoms with Gasteiger partial charge in [0.2, 0.25) is 0 Å². The quantitative estimate of drug-likeness (QED) is 0.388. The monoisotopic (exact) mass is 428 g/mol. The van der Waals surface area contributed by atoms with Crippen LogP contribution in [0.2, 0.25) is 0 Å². The highest BCUT2D eigenvalue weighted by Crippen LogP contribution is 2.31. The lowest BCUT2D eigenvalue weighted by molar-refractivity contribution is 0.410. The summed E-state index contributed by atoms with van der Waals surface area (Å²) in [6, 6.07) is 18.4. The molecule has 0 unspecified atom stereocenters. The first kappa shape index (κ1) is 20.3. The largest absolute Gasteiger partial charge is 0.457 e. The molecule has 0 spiro atoms. The second-order valence-electron chi connectivity index (χ2n) is 8.36. The van der Waals surface area contributed by atoms with Crippen LogP contribution in [0.15, 0.2) is 67.0 Å². The Morgan fingerprint density at radius 2 is 1.69 bits per heavy atom. The number of para-hydroxylation sites is 1. The number of rotatable bonds is 6. The fourth-order valence-electron chi connectivity index (χ4n) is 4.14. The van der Waals surface area contributed by atoms with Gasteiger partial charge in [0.15, 0.2) is 11.5 Å². The normalized spacial score (nSPS) is 18.4. The van der Waals surface area contributed by atoms with Crippen molar-refractivity contribution in [1.82, 2.24) is 14.6 Å². The van der Waals surface area contributed by atoms with Gasteiger partial charge in [-0.1, -0.05) is 18.2 Å². The molecule has 7 nitrogen and oxygen atoms in total. The van der Waals surface area contributed by atoms with Gasteiger partial charge in [-0.3, -0.25) is 0 Å². The third kappa shape index (κ3) is 4.38. The second-order valence-corrected chi connectivity index (χ2v) is 8.36. The summed E-state index contributed by atoms with van der Waals surface area (Å²) in [6.07, 6.45) is 7.87. The Labute approximate surface area is 187 Å². The first-order chi connectivity index (χ1) is 15.7. The van der Waals surface area contributed by atoms with Gasteiger partial charge in [-0.25, -0.2) is 9.50 Å². The van der Waals surface area contributed by atoms with Crippen molar-refractivity contribution in [2.45, 2.75) is 44.7 Å². The number of hydrogen-bond acceptors (Lipinski definition) is 6. The van der Waals surface area contributed by atoms with Gasteiger partial charge in [0.1, 0.15) is 11.5 Å². The van der Waals surface area contributed by atoms with E-state index in [0.29, 0.717) is 12.1 Å². The molecule has 2 heterocycles. The number of imidazole rings is 1. The Balaban J connectivity index is 1.37. The van der Waals surface area contributed by atoms with E-state index in [1.807, 2.05) is 65.3 Å². The van der Waals surface area contributed by atoms with Crippen LogP contribution in [0, 0.1) is 6.92 Å². The van der Waals surface area contributed by atoms with Crippen molar-refractivity contribution < 1.29 is 4.74 Å². The lowest BCUT2D eigenvalue weighted by Gasteiger charge is -2.28. The molecule has 32 heavy (non-hydrogen) atoms. The summed E-state index contributed by atoms with van der Waals surface area (Å²) in [7, 11) is 0. The number of nitrogens with one attached hydrogen (secondary N) is 2. The van der Waals surface area contributed by atoms with Crippen molar-refractivity contribution in [2.75, 3.05) is 10.6 Å². The Bertz CT molecular complexity index is 1180. The van der Waals surface area contributed by atoms with Crippen molar-refractivity contribution in [3.8, 4) is 11.5 Å². The molecule has 0 radical (unpaired) electrons. The minimum absolute atomic E-state index is 0.323. The maximum absolute atomic E-state index is 6.07. The van der Waals surface area contributed by atoms with Gasteiger partial charge in [-0.05, 0) is 69.0 Å². The highest BCUT2D eigenvalue weighted by atomic mass is 16.5. The van der Waals surface area contributed by atoms with Crippen molar-refractivity contribution in [3.05, 3.63) is 72.6 Å². The molecule has 0 atom stereocenters. The smallest absolute Gasteiger partial charge is 0.177 e. The van der Waals surface area contributed by atoms with E-state index in [1.165, 1.54) is 0 Å². The maximum atomic E-state index is 6.07. The van der Waals surface area contributed by atoms with Crippen LogP contribution in [-0.2, 0) is 0 Å². The number of aromatic nitrogens is 3. The number of fused-ring (bicyclic) bond motifs is 1. The number of anilines is 3. The van der Waals surface area contributed by atoms with Crippen molar-refractivity contribution in [1.29, 1.82) is 0 Å². The van der Waals surface area contributed by atoms with Crippen LogP contribution in [0.1, 0.15) is 31.2 Å². The molecule has 4 N–H and O–H groups in total. The molecular weight excluding hydrogens is 400 g/mol. The predicted octanol–water partition coefficient (Wildman–Crippen LogP) is 5.26. The van der Waals surface area contributed by atoms with Gasteiger partial charge in [0.25, 0.3) is 0 Å². The van der Waals surface area contributed by atoms with Crippen molar-refractivity contribution in [3.63, 3.8) is 0 Å². The molecule has 7 heteroatoms. The fourth-order valence-corrected chi connectivity index (χ4v) is 4.14. The van der Waals surface area contributed by atoms with Gasteiger partial charge < -0.3 is 21.1 Å². The Hall–Kier alpha value is -3.58. The molecule has 1 fully saturated rings. The topological polar surface area (TPSA) is 89.5 Å². The van der Waals surface area contributed by atoms with Gasteiger partial charge in [0, 0.05) is 35.7 Å². The molecule has 1 saturated carbocycles. The van der Waals surface area contributed by atoms with Crippen LogP contribution in [0.3, 0.4) is 0 Å². The van der Waals surface area contributed by atoms with E-state index in [0.717, 1.165) is 65.6 Å². The molecule has 1 aliphatic rings. The minimum atomic E-state index is 0.323. The summed E-state index contributed by atoms with van der Waals surface area (Å²) in [5.74, 6) is 2.48. The average molecular weight is 429 g/mol. The lowest BCUT2D eigenvalue weighted by Crippen LogP contribution is -2.33.